The van der Waals surface area contributed by atoms with Crippen LogP contribution in [0.25, 0.3) is 0 Å². The summed E-state index contributed by atoms with van der Waals surface area (Å²) in [5.41, 5.74) is 5.12. The molecule has 0 atom stereocenters. The zero-order chi connectivity index (χ0) is 10.1. The average Bonchev–Trinajstić information content (AvgIpc) is 1.94. The summed E-state index contributed by atoms with van der Waals surface area (Å²) in [4.78, 5) is 0. The summed E-state index contributed by atoms with van der Waals surface area (Å²) >= 11 is 0. The minimum atomic E-state index is -3.61. The van der Waals surface area contributed by atoms with E-state index < -0.39 is 15.9 Å². The maximum atomic E-state index is 12.8. The Hall–Kier alpha value is -1.30. The van der Waals surface area contributed by atoms with Crippen LogP contribution in [-0.2, 0) is 10.1 Å². The Labute approximate surface area is 75.2 Å². The largest absolute Gasteiger partial charge is 0.396 e. The third-order valence-corrected chi connectivity index (χ3v) is 1.71. The summed E-state index contributed by atoms with van der Waals surface area (Å²) in [6, 6.07) is 3.42. The van der Waals surface area contributed by atoms with E-state index in [2.05, 4.69) is 4.18 Å². The predicted octanol–water partition coefficient (Wildman–Crippen LogP) is 0.746. The van der Waals surface area contributed by atoms with E-state index in [0.29, 0.717) is 0 Å². The van der Waals surface area contributed by atoms with Gasteiger partial charge in [0.15, 0.2) is 0 Å². The van der Waals surface area contributed by atoms with E-state index in [1.54, 1.807) is 0 Å². The van der Waals surface area contributed by atoms with Crippen LogP contribution in [0.15, 0.2) is 18.2 Å². The fourth-order valence-electron chi connectivity index (χ4n) is 0.734. The number of benzene rings is 1. The van der Waals surface area contributed by atoms with Crippen LogP contribution in [0.5, 0.6) is 5.75 Å². The van der Waals surface area contributed by atoms with Crippen molar-refractivity contribution in [2.45, 2.75) is 0 Å². The van der Waals surface area contributed by atoms with Crippen LogP contribution in [0.2, 0.25) is 0 Å². The Morgan fingerprint density at radius 3 is 2.54 bits per heavy atom. The van der Waals surface area contributed by atoms with Crippen molar-refractivity contribution in [2.24, 2.45) is 0 Å². The lowest BCUT2D eigenvalue weighted by Crippen LogP contribution is -2.06. The first-order valence-electron chi connectivity index (χ1n) is 3.33. The second-order valence-electron chi connectivity index (χ2n) is 2.47. The van der Waals surface area contributed by atoms with Gasteiger partial charge in [0.2, 0.25) is 0 Å². The molecule has 0 radical (unpaired) electrons. The lowest BCUT2D eigenvalue weighted by Gasteiger charge is -2.03. The molecule has 0 spiro atoms. The molecule has 0 aliphatic heterocycles. The van der Waals surface area contributed by atoms with Crippen LogP contribution in [-0.4, -0.2) is 14.7 Å². The number of hydrogen-bond donors (Lipinski definition) is 1. The first-order chi connectivity index (χ1) is 5.88. The first-order valence-corrected chi connectivity index (χ1v) is 5.14. The monoisotopic (exact) mass is 205 g/mol. The maximum absolute atomic E-state index is 12.8. The van der Waals surface area contributed by atoms with Crippen molar-refractivity contribution in [2.75, 3.05) is 12.0 Å². The van der Waals surface area contributed by atoms with E-state index >= 15 is 0 Å². The van der Waals surface area contributed by atoms with Crippen molar-refractivity contribution >= 4 is 15.8 Å². The van der Waals surface area contributed by atoms with Gasteiger partial charge in [-0.3, -0.25) is 0 Å². The zero-order valence-corrected chi connectivity index (χ0v) is 7.64. The van der Waals surface area contributed by atoms with Crippen molar-refractivity contribution in [3.8, 4) is 5.75 Å². The molecule has 0 fully saturated rings. The molecular formula is C7H8FNO3S. The van der Waals surface area contributed by atoms with E-state index in [1.165, 1.54) is 12.1 Å². The third kappa shape index (κ3) is 2.90. The number of nitrogen functional groups attached to an aromatic ring is 1. The fraction of sp³-hybridized carbons (Fsp3) is 0.143. The molecule has 72 valence electrons. The molecule has 0 unspecified atom stereocenters. The molecule has 1 aromatic carbocycles. The minimum absolute atomic E-state index is 0.0548. The molecule has 0 saturated heterocycles. The highest BCUT2D eigenvalue weighted by Gasteiger charge is 2.06. The van der Waals surface area contributed by atoms with Crippen LogP contribution in [0.4, 0.5) is 10.1 Å². The minimum Gasteiger partial charge on any atom is -0.396 e. The van der Waals surface area contributed by atoms with Crippen LogP contribution in [0.1, 0.15) is 0 Å². The van der Waals surface area contributed by atoms with Gasteiger partial charge in [-0.25, -0.2) is 4.39 Å². The Balaban J connectivity index is 2.99. The molecule has 0 aliphatic rings. The van der Waals surface area contributed by atoms with Gasteiger partial charge in [-0.2, -0.15) is 8.42 Å². The van der Waals surface area contributed by atoms with Gasteiger partial charge in [-0.1, -0.05) is 0 Å². The van der Waals surface area contributed by atoms with Gasteiger partial charge in [0, 0.05) is 6.07 Å². The molecule has 0 saturated carbocycles. The molecule has 0 aliphatic carbocycles. The zero-order valence-electron chi connectivity index (χ0n) is 6.82. The molecule has 13 heavy (non-hydrogen) atoms. The molecule has 1 aromatic rings. The SMILES string of the molecule is CS(=O)(=O)Oc1ccc(N)c(F)c1. The smallest absolute Gasteiger partial charge is 0.306 e. The number of anilines is 1. The van der Waals surface area contributed by atoms with Crippen molar-refractivity contribution in [1.29, 1.82) is 0 Å². The molecule has 0 heterocycles. The fourth-order valence-corrected chi connectivity index (χ4v) is 1.19. The molecular weight excluding hydrogens is 197 g/mol. The molecule has 4 nitrogen and oxygen atoms in total. The summed E-state index contributed by atoms with van der Waals surface area (Å²) in [5, 5.41) is 0. The summed E-state index contributed by atoms with van der Waals surface area (Å²) in [5.74, 6) is -0.796. The Morgan fingerprint density at radius 1 is 1.46 bits per heavy atom. The van der Waals surface area contributed by atoms with Crippen LogP contribution in [0, 0.1) is 5.82 Å². The van der Waals surface area contributed by atoms with Crippen molar-refractivity contribution in [1.82, 2.24) is 0 Å². The maximum Gasteiger partial charge on any atom is 0.306 e. The highest BCUT2D eigenvalue weighted by molar-refractivity contribution is 7.86. The topological polar surface area (TPSA) is 69.4 Å². The van der Waals surface area contributed by atoms with Crippen molar-refractivity contribution in [3.63, 3.8) is 0 Å². The average molecular weight is 205 g/mol. The molecule has 0 bridgehead atoms. The third-order valence-electron chi connectivity index (χ3n) is 1.22. The lowest BCUT2D eigenvalue weighted by atomic mass is 10.3. The van der Waals surface area contributed by atoms with Gasteiger partial charge in [0.05, 0.1) is 11.9 Å². The van der Waals surface area contributed by atoms with Gasteiger partial charge in [-0.15, -0.1) is 0 Å². The summed E-state index contributed by atoms with van der Waals surface area (Å²) in [6.07, 6.45) is 0.876. The Kier molecular flexibility index (Phi) is 2.42. The van der Waals surface area contributed by atoms with E-state index in [-0.39, 0.29) is 11.4 Å². The Morgan fingerprint density at radius 2 is 2.08 bits per heavy atom. The van der Waals surface area contributed by atoms with Crippen LogP contribution in [0.3, 0.4) is 0 Å². The number of hydrogen-bond acceptors (Lipinski definition) is 4. The number of rotatable bonds is 2. The van der Waals surface area contributed by atoms with Gasteiger partial charge in [-0.05, 0) is 12.1 Å². The quantitative estimate of drug-likeness (QED) is 0.571. The summed E-state index contributed by atoms with van der Waals surface area (Å²) in [6.45, 7) is 0. The summed E-state index contributed by atoms with van der Waals surface area (Å²) < 4.78 is 38.4. The molecule has 0 amide bonds. The first kappa shape index (κ1) is 9.79. The van der Waals surface area contributed by atoms with Crippen LogP contribution >= 0.6 is 0 Å². The van der Waals surface area contributed by atoms with Crippen LogP contribution < -0.4 is 9.92 Å². The number of halogens is 1. The summed E-state index contributed by atoms with van der Waals surface area (Å²) in [7, 11) is -3.61. The van der Waals surface area contributed by atoms with E-state index in [1.807, 2.05) is 0 Å². The van der Waals surface area contributed by atoms with Gasteiger partial charge >= 0.3 is 10.1 Å². The van der Waals surface area contributed by atoms with Gasteiger partial charge in [0.25, 0.3) is 0 Å². The van der Waals surface area contributed by atoms with Gasteiger partial charge < -0.3 is 9.92 Å². The normalized spacial score (nSPS) is 11.2. The molecule has 2 N–H and O–H groups in total. The van der Waals surface area contributed by atoms with Crippen molar-refractivity contribution < 1.29 is 17.0 Å². The Bertz CT molecular complexity index is 416. The molecule has 1 rings (SSSR count). The van der Waals surface area contributed by atoms with E-state index in [4.69, 9.17) is 5.73 Å². The second-order valence-corrected chi connectivity index (χ2v) is 4.05. The van der Waals surface area contributed by atoms with E-state index in [9.17, 15) is 12.8 Å². The van der Waals surface area contributed by atoms with Crippen molar-refractivity contribution in [3.05, 3.63) is 24.0 Å². The standard InChI is InChI=1S/C7H8FNO3S/c1-13(10,11)12-5-2-3-7(9)6(8)4-5/h2-4H,9H2,1H3. The molecule has 0 aromatic heterocycles. The molecule has 6 heteroatoms. The lowest BCUT2D eigenvalue weighted by molar-refractivity contribution is 0.490. The predicted molar refractivity (Wildman–Crippen MR) is 46.3 cm³/mol. The highest BCUT2D eigenvalue weighted by Crippen LogP contribution is 2.18. The second kappa shape index (κ2) is 3.21. The van der Waals surface area contributed by atoms with E-state index in [0.717, 1.165) is 12.3 Å². The highest BCUT2D eigenvalue weighted by atomic mass is 32.2. The number of nitrogens with two attached hydrogens (primary N) is 1. The van der Waals surface area contributed by atoms with Gasteiger partial charge in [0.1, 0.15) is 11.6 Å².